The summed E-state index contributed by atoms with van der Waals surface area (Å²) in [6.07, 6.45) is 0.811. The van der Waals surface area contributed by atoms with Gasteiger partial charge in [0.15, 0.2) is 0 Å². The lowest BCUT2D eigenvalue weighted by atomic mass is 10.3. The van der Waals surface area contributed by atoms with Gasteiger partial charge in [-0.3, -0.25) is 14.2 Å². The molecule has 0 saturated heterocycles. The maximum absolute atomic E-state index is 12.7. The van der Waals surface area contributed by atoms with Gasteiger partial charge in [-0.1, -0.05) is 0 Å². The van der Waals surface area contributed by atoms with E-state index in [0.29, 0.717) is 45.2 Å². The molecular formula is C20H27N5O4. The van der Waals surface area contributed by atoms with Crippen LogP contribution in [0.5, 0.6) is 5.75 Å². The molecule has 9 heteroatoms. The van der Waals surface area contributed by atoms with E-state index in [1.54, 1.807) is 0 Å². The maximum Gasteiger partial charge on any atom is 0.286 e. The van der Waals surface area contributed by atoms with Crippen LogP contribution in [0, 0.1) is 0 Å². The quantitative estimate of drug-likeness (QED) is 0.639. The lowest BCUT2D eigenvalue weighted by Gasteiger charge is -2.17. The van der Waals surface area contributed by atoms with E-state index in [1.807, 2.05) is 49.9 Å². The SMILES string of the molecule is CCOc1ccc(N2CCn3c2nnc(C(=O)NCCCOC(C)C)c3=O)cc1. The molecule has 0 atom stereocenters. The molecule has 0 radical (unpaired) electrons. The summed E-state index contributed by atoms with van der Waals surface area (Å²) in [6, 6.07) is 7.56. The molecule has 2 aromatic rings. The van der Waals surface area contributed by atoms with Crippen LogP contribution in [-0.4, -0.2) is 53.1 Å². The van der Waals surface area contributed by atoms with Gasteiger partial charge in [0.05, 0.1) is 12.7 Å². The van der Waals surface area contributed by atoms with Crippen LogP contribution in [0.2, 0.25) is 0 Å². The Morgan fingerprint density at radius 1 is 1.21 bits per heavy atom. The molecule has 1 aliphatic rings. The highest BCUT2D eigenvalue weighted by Crippen LogP contribution is 2.28. The van der Waals surface area contributed by atoms with Gasteiger partial charge in [0.2, 0.25) is 11.6 Å². The number of amides is 1. The van der Waals surface area contributed by atoms with Crippen molar-refractivity contribution < 1.29 is 14.3 Å². The summed E-state index contributed by atoms with van der Waals surface area (Å²) in [4.78, 5) is 26.9. The third-order valence-electron chi connectivity index (χ3n) is 4.45. The average Bonchev–Trinajstić information content (AvgIpc) is 3.13. The van der Waals surface area contributed by atoms with E-state index >= 15 is 0 Å². The zero-order chi connectivity index (χ0) is 20.8. The van der Waals surface area contributed by atoms with Crippen molar-refractivity contribution in [2.45, 2.75) is 39.8 Å². The number of rotatable bonds is 9. The van der Waals surface area contributed by atoms with E-state index in [4.69, 9.17) is 9.47 Å². The van der Waals surface area contributed by atoms with Crippen molar-refractivity contribution in [3.05, 3.63) is 40.3 Å². The maximum atomic E-state index is 12.7. The fourth-order valence-electron chi connectivity index (χ4n) is 3.06. The van der Waals surface area contributed by atoms with E-state index in [1.165, 1.54) is 4.57 Å². The molecule has 1 aliphatic heterocycles. The predicted octanol–water partition coefficient (Wildman–Crippen LogP) is 1.73. The normalized spacial score (nSPS) is 12.9. The van der Waals surface area contributed by atoms with Gasteiger partial charge in [-0.25, -0.2) is 0 Å². The Labute approximate surface area is 169 Å². The number of hydrogen-bond donors (Lipinski definition) is 1. The molecule has 0 aliphatic carbocycles. The van der Waals surface area contributed by atoms with Crippen molar-refractivity contribution in [3.8, 4) is 5.75 Å². The van der Waals surface area contributed by atoms with Gasteiger partial charge in [-0.05, 0) is 51.5 Å². The van der Waals surface area contributed by atoms with Crippen LogP contribution < -0.4 is 20.5 Å². The lowest BCUT2D eigenvalue weighted by Crippen LogP contribution is -2.35. The molecule has 156 valence electrons. The second-order valence-electron chi connectivity index (χ2n) is 6.91. The molecule has 3 rings (SSSR count). The molecule has 0 spiro atoms. The molecule has 9 nitrogen and oxygen atoms in total. The first kappa shape index (κ1) is 20.8. The van der Waals surface area contributed by atoms with Crippen molar-refractivity contribution >= 4 is 17.5 Å². The molecule has 1 N–H and O–H groups in total. The van der Waals surface area contributed by atoms with Gasteiger partial charge in [0.25, 0.3) is 11.5 Å². The zero-order valence-corrected chi connectivity index (χ0v) is 17.1. The molecule has 1 amide bonds. The Bertz CT molecular complexity index is 895. The van der Waals surface area contributed by atoms with Gasteiger partial charge >= 0.3 is 0 Å². The van der Waals surface area contributed by atoms with Gasteiger partial charge in [-0.2, -0.15) is 0 Å². The molecule has 29 heavy (non-hydrogen) atoms. The topological polar surface area (TPSA) is 98.6 Å². The first-order valence-electron chi connectivity index (χ1n) is 9.89. The summed E-state index contributed by atoms with van der Waals surface area (Å²) in [5.74, 6) is 0.702. The molecule has 0 bridgehead atoms. The van der Waals surface area contributed by atoms with Crippen LogP contribution in [0.25, 0.3) is 0 Å². The van der Waals surface area contributed by atoms with Gasteiger partial charge in [0, 0.05) is 31.9 Å². The minimum absolute atomic E-state index is 0.149. The van der Waals surface area contributed by atoms with Gasteiger partial charge < -0.3 is 19.7 Å². The highest BCUT2D eigenvalue weighted by molar-refractivity contribution is 5.91. The monoisotopic (exact) mass is 401 g/mol. The molecule has 1 aromatic carbocycles. The van der Waals surface area contributed by atoms with Crippen LogP contribution in [0.4, 0.5) is 11.6 Å². The Hall–Kier alpha value is -2.94. The third-order valence-corrected chi connectivity index (χ3v) is 4.45. The van der Waals surface area contributed by atoms with Crippen LogP contribution >= 0.6 is 0 Å². The third kappa shape index (κ3) is 4.92. The number of carbonyl (C=O) groups excluding carboxylic acids is 1. The zero-order valence-electron chi connectivity index (χ0n) is 17.1. The average molecular weight is 401 g/mol. The number of aromatic nitrogens is 3. The fourth-order valence-corrected chi connectivity index (χ4v) is 3.06. The molecule has 0 unspecified atom stereocenters. The van der Waals surface area contributed by atoms with Crippen LogP contribution in [0.3, 0.4) is 0 Å². The standard InChI is InChI=1S/C20H27N5O4/c1-4-28-16-8-6-15(7-9-16)24-11-12-25-19(27)17(22-23-20(24)25)18(26)21-10-5-13-29-14(2)3/h6-9,14H,4-5,10-13H2,1-3H3,(H,21,26). The summed E-state index contributed by atoms with van der Waals surface area (Å²) in [7, 11) is 0. The largest absolute Gasteiger partial charge is 0.494 e. The number of nitrogens with one attached hydrogen (secondary N) is 1. The number of nitrogens with zero attached hydrogens (tertiary/aromatic N) is 4. The van der Waals surface area contributed by atoms with Crippen molar-refractivity contribution in [1.82, 2.24) is 20.1 Å². The minimum Gasteiger partial charge on any atom is -0.494 e. The Kier molecular flexibility index (Phi) is 6.82. The van der Waals surface area contributed by atoms with E-state index in [-0.39, 0.29) is 11.8 Å². The first-order chi connectivity index (χ1) is 14.0. The Morgan fingerprint density at radius 2 is 1.97 bits per heavy atom. The summed E-state index contributed by atoms with van der Waals surface area (Å²) in [5.41, 5.74) is 0.266. The Balaban J connectivity index is 1.68. The number of fused-ring (bicyclic) bond motifs is 1. The fraction of sp³-hybridized carbons (Fsp3) is 0.500. The van der Waals surface area contributed by atoms with Crippen molar-refractivity contribution in [1.29, 1.82) is 0 Å². The van der Waals surface area contributed by atoms with E-state index in [2.05, 4.69) is 15.5 Å². The second-order valence-corrected chi connectivity index (χ2v) is 6.91. The molecular weight excluding hydrogens is 374 g/mol. The van der Waals surface area contributed by atoms with Crippen molar-refractivity contribution in [2.24, 2.45) is 0 Å². The second kappa shape index (κ2) is 9.51. The van der Waals surface area contributed by atoms with E-state index in [9.17, 15) is 9.59 Å². The smallest absolute Gasteiger partial charge is 0.286 e. The number of carbonyl (C=O) groups is 1. The first-order valence-corrected chi connectivity index (χ1v) is 9.89. The van der Waals surface area contributed by atoms with Crippen LogP contribution in [0.15, 0.2) is 29.1 Å². The van der Waals surface area contributed by atoms with Crippen LogP contribution in [-0.2, 0) is 11.3 Å². The Morgan fingerprint density at radius 3 is 2.66 bits per heavy atom. The van der Waals surface area contributed by atoms with Crippen LogP contribution in [0.1, 0.15) is 37.7 Å². The number of hydrogen-bond acceptors (Lipinski definition) is 7. The molecule has 2 heterocycles. The highest BCUT2D eigenvalue weighted by Gasteiger charge is 2.27. The molecule has 0 saturated carbocycles. The molecule has 0 fully saturated rings. The molecule has 1 aromatic heterocycles. The summed E-state index contributed by atoms with van der Waals surface area (Å²) in [5, 5.41) is 10.8. The summed E-state index contributed by atoms with van der Waals surface area (Å²) >= 11 is 0. The lowest BCUT2D eigenvalue weighted by molar-refractivity contribution is 0.0756. The summed E-state index contributed by atoms with van der Waals surface area (Å²) in [6.45, 7) is 8.42. The van der Waals surface area contributed by atoms with Gasteiger partial charge in [0.1, 0.15) is 5.75 Å². The highest BCUT2D eigenvalue weighted by atomic mass is 16.5. The van der Waals surface area contributed by atoms with Crippen molar-refractivity contribution in [2.75, 3.05) is 31.2 Å². The number of anilines is 2. The predicted molar refractivity (Wildman–Crippen MR) is 109 cm³/mol. The number of ether oxygens (including phenoxy) is 2. The number of benzene rings is 1. The minimum atomic E-state index is -0.512. The van der Waals surface area contributed by atoms with Gasteiger partial charge in [-0.15, -0.1) is 10.2 Å². The van der Waals surface area contributed by atoms with E-state index in [0.717, 1.165) is 11.4 Å². The van der Waals surface area contributed by atoms with Crippen molar-refractivity contribution in [3.63, 3.8) is 0 Å². The summed E-state index contributed by atoms with van der Waals surface area (Å²) < 4.78 is 12.4. The van der Waals surface area contributed by atoms with E-state index < -0.39 is 11.5 Å².